The van der Waals surface area contributed by atoms with Crippen LogP contribution in [0.5, 0.6) is 5.75 Å². The lowest BCUT2D eigenvalue weighted by molar-refractivity contribution is 0.414. The minimum absolute atomic E-state index is 0.515. The highest BCUT2D eigenvalue weighted by atomic mass is 32.2. The standard InChI is InChI=1S/C11H17NOS/c1-9(7-12)14-8-10-4-3-5-11(6-10)13-2/h3-6,9H,7-8,12H2,1-2H3. The Kier molecular flexibility index (Phi) is 4.84. The van der Waals surface area contributed by atoms with Crippen LogP contribution in [0.25, 0.3) is 0 Å². The molecule has 0 spiro atoms. The molecular formula is C11H17NOS. The van der Waals surface area contributed by atoms with Crippen LogP contribution < -0.4 is 10.5 Å². The summed E-state index contributed by atoms with van der Waals surface area (Å²) < 4.78 is 5.15. The summed E-state index contributed by atoms with van der Waals surface area (Å²) >= 11 is 1.87. The molecule has 0 saturated heterocycles. The molecule has 1 rings (SSSR count). The zero-order valence-corrected chi connectivity index (χ0v) is 9.51. The van der Waals surface area contributed by atoms with Gasteiger partial charge in [-0.05, 0) is 17.7 Å². The van der Waals surface area contributed by atoms with Gasteiger partial charge in [-0.15, -0.1) is 0 Å². The minimum atomic E-state index is 0.515. The fourth-order valence-electron chi connectivity index (χ4n) is 1.07. The largest absolute Gasteiger partial charge is 0.497 e. The van der Waals surface area contributed by atoms with Gasteiger partial charge in [0, 0.05) is 17.5 Å². The average Bonchev–Trinajstić information content (AvgIpc) is 2.26. The molecular weight excluding hydrogens is 194 g/mol. The lowest BCUT2D eigenvalue weighted by Crippen LogP contribution is -2.12. The van der Waals surface area contributed by atoms with Crippen molar-refractivity contribution in [2.75, 3.05) is 13.7 Å². The number of rotatable bonds is 5. The molecule has 2 nitrogen and oxygen atoms in total. The number of methoxy groups -OCH3 is 1. The average molecular weight is 211 g/mol. The lowest BCUT2D eigenvalue weighted by Gasteiger charge is -2.08. The maximum atomic E-state index is 5.55. The summed E-state index contributed by atoms with van der Waals surface area (Å²) in [6.45, 7) is 2.87. The molecule has 0 aromatic heterocycles. The highest BCUT2D eigenvalue weighted by molar-refractivity contribution is 7.99. The second-order valence-electron chi connectivity index (χ2n) is 3.21. The molecule has 0 aliphatic rings. The topological polar surface area (TPSA) is 35.2 Å². The van der Waals surface area contributed by atoms with Crippen molar-refractivity contribution >= 4 is 11.8 Å². The van der Waals surface area contributed by atoms with Crippen molar-refractivity contribution in [3.63, 3.8) is 0 Å². The van der Waals surface area contributed by atoms with E-state index in [9.17, 15) is 0 Å². The maximum Gasteiger partial charge on any atom is 0.119 e. The van der Waals surface area contributed by atoms with Crippen molar-refractivity contribution in [3.05, 3.63) is 29.8 Å². The first-order valence-corrected chi connectivity index (χ1v) is 5.75. The Bertz CT molecular complexity index is 278. The van der Waals surface area contributed by atoms with Crippen molar-refractivity contribution < 1.29 is 4.74 Å². The van der Waals surface area contributed by atoms with Crippen molar-refractivity contribution in [1.82, 2.24) is 0 Å². The van der Waals surface area contributed by atoms with Crippen LogP contribution in [0.15, 0.2) is 24.3 Å². The second kappa shape index (κ2) is 5.94. The van der Waals surface area contributed by atoms with Crippen LogP contribution >= 0.6 is 11.8 Å². The van der Waals surface area contributed by atoms with Gasteiger partial charge in [0.2, 0.25) is 0 Å². The van der Waals surface area contributed by atoms with Crippen LogP contribution in [0, 0.1) is 0 Å². The first-order chi connectivity index (χ1) is 6.76. The molecule has 0 heterocycles. The Morgan fingerprint density at radius 1 is 1.50 bits per heavy atom. The molecule has 1 aromatic rings. The van der Waals surface area contributed by atoms with Crippen LogP contribution in [0.2, 0.25) is 0 Å². The third-order valence-corrected chi connectivity index (χ3v) is 3.26. The summed E-state index contributed by atoms with van der Waals surface area (Å²) in [7, 11) is 1.69. The number of nitrogens with two attached hydrogens (primary N) is 1. The molecule has 0 radical (unpaired) electrons. The van der Waals surface area contributed by atoms with Crippen LogP contribution in [-0.4, -0.2) is 18.9 Å². The number of thioether (sulfide) groups is 1. The monoisotopic (exact) mass is 211 g/mol. The van der Waals surface area contributed by atoms with Crippen LogP contribution in [-0.2, 0) is 5.75 Å². The van der Waals surface area contributed by atoms with E-state index in [4.69, 9.17) is 10.5 Å². The fraction of sp³-hybridized carbons (Fsp3) is 0.455. The van der Waals surface area contributed by atoms with Gasteiger partial charge in [0.15, 0.2) is 0 Å². The van der Waals surface area contributed by atoms with E-state index < -0.39 is 0 Å². The molecule has 1 aromatic carbocycles. The number of hydrogen-bond donors (Lipinski definition) is 1. The highest BCUT2D eigenvalue weighted by Gasteiger charge is 2.01. The summed E-state index contributed by atoms with van der Waals surface area (Å²) in [5, 5.41) is 0.515. The lowest BCUT2D eigenvalue weighted by atomic mass is 10.2. The molecule has 0 saturated carbocycles. The van der Waals surface area contributed by atoms with E-state index in [-0.39, 0.29) is 0 Å². The Morgan fingerprint density at radius 3 is 2.93 bits per heavy atom. The van der Waals surface area contributed by atoms with Crippen molar-refractivity contribution in [2.45, 2.75) is 17.9 Å². The van der Waals surface area contributed by atoms with E-state index in [1.807, 2.05) is 23.9 Å². The Hall–Kier alpha value is -0.670. The highest BCUT2D eigenvalue weighted by Crippen LogP contribution is 2.20. The first-order valence-electron chi connectivity index (χ1n) is 4.71. The molecule has 2 N–H and O–H groups in total. The predicted molar refractivity (Wildman–Crippen MR) is 62.8 cm³/mol. The SMILES string of the molecule is COc1cccc(CSC(C)CN)c1. The summed E-state index contributed by atoms with van der Waals surface area (Å²) in [5.41, 5.74) is 6.83. The van der Waals surface area contributed by atoms with Gasteiger partial charge in [-0.25, -0.2) is 0 Å². The zero-order chi connectivity index (χ0) is 10.4. The summed E-state index contributed by atoms with van der Waals surface area (Å²) in [6.07, 6.45) is 0. The zero-order valence-electron chi connectivity index (χ0n) is 8.69. The van der Waals surface area contributed by atoms with E-state index >= 15 is 0 Å². The van der Waals surface area contributed by atoms with E-state index in [2.05, 4.69) is 19.1 Å². The Labute approximate surface area is 89.8 Å². The van der Waals surface area contributed by atoms with Crippen LogP contribution in [0.3, 0.4) is 0 Å². The minimum Gasteiger partial charge on any atom is -0.497 e. The number of ether oxygens (including phenoxy) is 1. The summed E-state index contributed by atoms with van der Waals surface area (Å²) in [6, 6.07) is 8.15. The van der Waals surface area contributed by atoms with Gasteiger partial charge >= 0.3 is 0 Å². The third kappa shape index (κ3) is 3.60. The Balaban J connectivity index is 2.50. The maximum absolute atomic E-state index is 5.55. The second-order valence-corrected chi connectivity index (χ2v) is 4.64. The fourth-order valence-corrected chi connectivity index (χ4v) is 1.86. The third-order valence-electron chi connectivity index (χ3n) is 2.00. The molecule has 3 heteroatoms. The Morgan fingerprint density at radius 2 is 2.29 bits per heavy atom. The smallest absolute Gasteiger partial charge is 0.119 e. The van der Waals surface area contributed by atoms with Gasteiger partial charge < -0.3 is 10.5 Å². The van der Waals surface area contributed by atoms with E-state index in [1.54, 1.807) is 7.11 Å². The molecule has 0 bridgehead atoms. The van der Waals surface area contributed by atoms with Crippen molar-refractivity contribution in [2.24, 2.45) is 5.73 Å². The van der Waals surface area contributed by atoms with E-state index in [0.29, 0.717) is 5.25 Å². The summed E-state index contributed by atoms with van der Waals surface area (Å²) in [4.78, 5) is 0. The van der Waals surface area contributed by atoms with Crippen LogP contribution in [0.4, 0.5) is 0 Å². The molecule has 0 fully saturated rings. The van der Waals surface area contributed by atoms with Gasteiger partial charge in [0.1, 0.15) is 5.75 Å². The first kappa shape index (κ1) is 11.4. The number of hydrogen-bond acceptors (Lipinski definition) is 3. The quantitative estimate of drug-likeness (QED) is 0.811. The predicted octanol–water partition coefficient (Wildman–Crippen LogP) is 2.28. The molecule has 0 aliphatic carbocycles. The van der Waals surface area contributed by atoms with Gasteiger partial charge in [-0.2, -0.15) is 11.8 Å². The van der Waals surface area contributed by atoms with E-state index in [0.717, 1.165) is 18.0 Å². The molecule has 1 unspecified atom stereocenters. The van der Waals surface area contributed by atoms with Gasteiger partial charge in [0.05, 0.1) is 7.11 Å². The molecule has 0 amide bonds. The van der Waals surface area contributed by atoms with E-state index in [1.165, 1.54) is 5.56 Å². The van der Waals surface area contributed by atoms with Crippen LogP contribution in [0.1, 0.15) is 12.5 Å². The molecule has 0 aliphatic heterocycles. The van der Waals surface area contributed by atoms with Gasteiger partial charge in [-0.3, -0.25) is 0 Å². The number of benzene rings is 1. The molecule has 14 heavy (non-hydrogen) atoms. The van der Waals surface area contributed by atoms with Crippen molar-refractivity contribution in [3.8, 4) is 5.75 Å². The van der Waals surface area contributed by atoms with Gasteiger partial charge in [-0.1, -0.05) is 19.1 Å². The molecule has 78 valence electrons. The summed E-state index contributed by atoms with van der Waals surface area (Å²) in [5.74, 6) is 1.92. The molecule has 1 atom stereocenters. The normalized spacial score (nSPS) is 12.5. The van der Waals surface area contributed by atoms with Gasteiger partial charge in [0.25, 0.3) is 0 Å². The van der Waals surface area contributed by atoms with Crippen molar-refractivity contribution in [1.29, 1.82) is 0 Å².